The van der Waals surface area contributed by atoms with E-state index in [1.807, 2.05) is 31.2 Å². The van der Waals surface area contributed by atoms with E-state index in [4.69, 9.17) is 0 Å². The Kier molecular flexibility index (Phi) is 4.71. The Morgan fingerprint density at radius 2 is 1.60 bits per heavy atom. The predicted molar refractivity (Wildman–Crippen MR) is 79.3 cm³/mol. The lowest BCUT2D eigenvalue weighted by Gasteiger charge is -2.07. The molecule has 3 nitrogen and oxygen atoms in total. The molecule has 0 fully saturated rings. The first-order valence-corrected chi connectivity index (χ1v) is 6.49. The fraction of sp³-hybridized carbons (Fsp3) is 0.188. The quantitative estimate of drug-likeness (QED) is 0.873. The first-order chi connectivity index (χ1) is 9.63. The molecule has 104 valence electrons. The molecule has 0 aliphatic heterocycles. The van der Waals surface area contributed by atoms with Crippen LogP contribution in [0.2, 0.25) is 0 Å². The van der Waals surface area contributed by atoms with Crippen molar-refractivity contribution in [1.82, 2.24) is 0 Å². The molecule has 0 bridgehead atoms. The fourth-order valence-electron chi connectivity index (χ4n) is 1.75. The van der Waals surface area contributed by atoms with Crippen LogP contribution in [0.1, 0.15) is 12.0 Å². The molecule has 0 aromatic heterocycles. The van der Waals surface area contributed by atoms with E-state index in [-0.39, 0.29) is 11.7 Å². The Labute approximate surface area is 117 Å². The second kappa shape index (κ2) is 6.70. The summed E-state index contributed by atoms with van der Waals surface area (Å²) in [6, 6.07) is 13.7. The van der Waals surface area contributed by atoms with Crippen LogP contribution in [-0.2, 0) is 4.79 Å². The van der Waals surface area contributed by atoms with Gasteiger partial charge in [-0.25, -0.2) is 4.39 Å². The molecule has 0 aliphatic carbocycles. The molecule has 0 saturated heterocycles. The molecule has 0 atom stereocenters. The van der Waals surface area contributed by atoms with Crippen LogP contribution in [-0.4, -0.2) is 12.5 Å². The van der Waals surface area contributed by atoms with Gasteiger partial charge >= 0.3 is 0 Å². The Hall–Kier alpha value is -2.36. The summed E-state index contributed by atoms with van der Waals surface area (Å²) in [4.78, 5) is 11.7. The molecule has 0 unspecified atom stereocenters. The highest BCUT2D eigenvalue weighted by Gasteiger charge is 2.02. The number of nitrogens with one attached hydrogen (secondary N) is 2. The van der Waals surface area contributed by atoms with E-state index in [0.29, 0.717) is 13.0 Å². The van der Waals surface area contributed by atoms with Crippen molar-refractivity contribution in [3.63, 3.8) is 0 Å². The maximum atomic E-state index is 12.7. The summed E-state index contributed by atoms with van der Waals surface area (Å²) >= 11 is 0. The molecule has 0 radical (unpaired) electrons. The fourth-order valence-corrected chi connectivity index (χ4v) is 1.75. The first-order valence-electron chi connectivity index (χ1n) is 6.49. The molecule has 2 rings (SSSR count). The van der Waals surface area contributed by atoms with Crippen molar-refractivity contribution < 1.29 is 9.18 Å². The number of halogens is 1. The number of carbonyl (C=O) groups excluding carboxylic acids is 1. The molecule has 2 aromatic rings. The lowest BCUT2D eigenvalue weighted by molar-refractivity contribution is -0.115. The van der Waals surface area contributed by atoms with Gasteiger partial charge in [0, 0.05) is 24.3 Å². The predicted octanol–water partition coefficient (Wildman–Crippen LogP) is 3.57. The summed E-state index contributed by atoms with van der Waals surface area (Å²) in [5, 5.41) is 5.90. The summed E-state index contributed by atoms with van der Waals surface area (Å²) in [7, 11) is 0. The van der Waals surface area contributed by atoms with Crippen LogP contribution in [0, 0.1) is 12.7 Å². The summed E-state index contributed by atoms with van der Waals surface area (Å²) in [5.41, 5.74) is 2.75. The highest BCUT2D eigenvalue weighted by Crippen LogP contribution is 2.10. The van der Waals surface area contributed by atoms with Gasteiger partial charge in [-0.2, -0.15) is 0 Å². The van der Waals surface area contributed by atoms with Gasteiger partial charge in [-0.15, -0.1) is 0 Å². The van der Waals surface area contributed by atoms with Crippen molar-refractivity contribution in [3.05, 3.63) is 59.9 Å². The number of anilines is 2. The van der Waals surface area contributed by atoms with Crippen LogP contribution in [0.3, 0.4) is 0 Å². The lowest BCUT2D eigenvalue weighted by Crippen LogP contribution is -2.16. The molecular formula is C16H17FN2O. The molecule has 0 heterocycles. The first kappa shape index (κ1) is 14.1. The monoisotopic (exact) mass is 272 g/mol. The highest BCUT2D eigenvalue weighted by molar-refractivity contribution is 5.90. The normalized spacial score (nSPS) is 10.1. The van der Waals surface area contributed by atoms with Gasteiger partial charge in [0.2, 0.25) is 5.91 Å². The van der Waals surface area contributed by atoms with E-state index in [1.165, 1.54) is 12.1 Å². The van der Waals surface area contributed by atoms with Gasteiger partial charge in [0.15, 0.2) is 0 Å². The number of aryl methyl sites for hydroxylation is 1. The maximum absolute atomic E-state index is 12.7. The SMILES string of the molecule is Cc1ccc(NC(=O)CCNc2ccc(F)cc2)cc1. The van der Waals surface area contributed by atoms with Gasteiger partial charge < -0.3 is 10.6 Å². The number of hydrogen-bond acceptors (Lipinski definition) is 2. The second-order valence-electron chi connectivity index (χ2n) is 4.60. The van der Waals surface area contributed by atoms with Crippen molar-refractivity contribution in [2.45, 2.75) is 13.3 Å². The summed E-state index contributed by atoms with van der Waals surface area (Å²) in [6.45, 7) is 2.50. The molecule has 2 aromatic carbocycles. The summed E-state index contributed by atoms with van der Waals surface area (Å²) in [5.74, 6) is -0.323. The molecule has 20 heavy (non-hydrogen) atoms. The smallest absolute Gasteiger partial charge is 0.226 e. The van der Waals surface area contributed by atoms with E-state index < -0.39 is 0 Å². The summed E-state index contributed by atoms with van der Waals surface area (Å²) in [6.07, 6.45) is 0.352. The van der Waals surface area contributed by atoms with Gasteiger partial charge in [-0.3, -0.25) is 4.79 Å². The van der Waals surface area contributed by atoms with Crippen LogP contribution in [0.4, 0.5) is 15.8 Å². The standard InChI is InChI=1S/C16H17FN2O/c1-12-2-6-15(7-3-12)19-16(20)10-11-18-14-8-4-13(17)5-9-14/h2-9,18H,10-11H2,1H3,(H,19,20). The van der Waals surface area contributed by atoms with Crippen molar-refractivity contribution in [2.24, 2.45) is 0 Å². The minimum atomic E-state index is -0.271. The van der Waals surface area contributed by atoms with Gasteiger partial charge in [-0.1, -0.05) is 17.7 Å². The van der Waals surface area contributed by atoms with Crippen LogP contribution in [0.15, 0.2) is 48.5 Å². The third-order valence-corrected chi connectivity index (χ3v) is 2.86. The van der Waals surface area contributed by atoms with E-state index in [9.17, 15) is 9.18 Å². The van der Waals surface area contributed by atoms with Crippen LogP contribution in [0.5, 0.6) is 0 Å². The molecule has 0 saturated carbocycles. The zero-order chi connectivity index (χ0) is 14.4. The van der Waals surface area contributed by atoms with Crippen LogP contribution >= 0.6 is 0 Å². The molecule has 4 heteroatoms. The van der Waals surface area contributed by atoms with Crippen LogP contribution in [0.25, 0.3) is 0 Å². The van der Waals surface area contributed by atoms with E-state index in [2.05, 4.69) is 10.6 Å². The number of hydrogen-bond donors (Lipinski definition) is 2. The van der Waals surface area contributed by atoms with Crippen molar-refractivity contribution in [3.8, 4) is 0 Å². The number of amides is 1. The number of carbonyl (C=O) groups is 1. The van der Waals surface area contributed by atoms with Gasteiger partial charge in [0.05, 0.1) is 0 Å². The Bertz CT molecular complexity index is 564. The van der Waals surface area contributed by atoms with E-state index in [1.54, 1.807) is 12.1 Å². The third kappa shape index (κ3) is 4.39. The van der Waals surface area contributed by atoms with Gasteiger partial charge in [0.1, 0.15) is 5.82 Å². The maximum Gasteiger partial charge on any atom is 0.226 e. The molecule has 0 spiro atoms. The lowest BCUT2D eigenvalue weighted by atomic mass is 10.2. The minimum Gasteiger partial charge on any atom is -0.385 e. The summed E-state index contributed by atoms with van der Waals surface area (Å²) < 4.78 is 12.7. The van der Waals surface area contributed by atoms with Crippen molar-refractivity contribution >= 4 is 17.3 Å². The van der Waals surface area contributed by atoms with Crippen molar-refractivity contribution in [1.29, 1.82) is 0 Å². The molecular weight excluding hydrogens is 255 g/mol. The number of rotatable bonds is 5. The van der Waals surface area contributed by atoms with Gasteiger partial charge in [0.25, 0.3) is 0 Å². The van der Waals surface area contributed by atoms with Gasteiger partial charge in [-0.05, 0) is 43.3 Å². The average molecular weight is 272 g/mol. The highest BCUT2D eigenvalue weighted by atomic mass is 19.1. The van der Waals surface area contributed by atoms with E-state index >= 15 is 0 Å². The largest absolute Gasteiger partial charge is 0.385 e. The zero-order valence-corrected chi connectivity index (χ0v) is 11.3. The molecule has 2 N–H and O–H groups in total. The third-order valence-electron chi connectivity index (χ3n) is 2.86. The average Bonchev–Trinajstić information content (AvgIpc) is 2.44. The zero-order valence-electron chi connectivity index (χ0n) is 11.3. The van der Waals surface area contributed by atoms with Crippen molar-refractivity contribution in [2.75, 3.05) is 17.2 Å². The molecule has 0 aliphatic rings. The number of benzene rings is 2. The minimum absolute atomic E-state index is 0.0523. The molecule has 1 amide bonds. The Balaban J connectivity index is 1.75. The Morgan fingerprint density at radius 1 is 1.00 bits per heavy atom. The Morgan fingerprint density at radius 3 is 2.25 bits per heavy atom. The van der Waals surface area contributed by atoms with Crippen LogP contribution < -0.4 is 10.6 Å². The van der Waals surface area contributed by atoms with E-state index in [0.717, 1.165) is 16.9 Å². The topological polar surface area (TPSA) is 41.1 Å². The second-order valence-corrected chi connectivity index (χ2v) is 4.60.